The summed E-state index contributed by atoms with van der Waals surface area (Å²) in [6.45, 7) is 10.5. The second-order valence-electron chi connectivity index (χ2n) is 8.28. The number of carbonyl (C=O) groups is 1. The van der Waals surface area contributed by atoms with E-state index < -0.39 is 5.60 Å². The molecule has 4 aromatic rings. The molecule has 1 atom stereocenters. The van der Waals surface area contributed by atoms with Gasteiger partial charge in [-0.2, -0.15) is 0 Å². The molecule has 1 heterocycles. The summed E-state index contributed by atoms with van der Waals surface area (Å²) in [5.74, 6) is -0.663. The Morgan fingerprint density at radius 2 is 1.88 bits per heavy atom. The number of fused-ring (bicyclic) bond motifs is 1. The zero-order chi connectivity index (χ0) is 22.9. The van der Waals surface area contributed by atoms with Crippen LogP contribution in [-0.4, -0.2) is 21.1 Å². The lowest BCUT2D eigenvalue weighted by atomic mass is 9.94. The number of hydrogen-bond acceptors (Lipinski definition) is 2. The predicted molar refractivity (Wildman–Crippen MR) is 124 cm³/mol. The molecule has 0 fully saturated rings. The SMILES string of the molecule is [C-]#[N+]c1ccc(CC(=O)[C@](C)(O)Cn2ccc3c(F)c(-c4ccccc4)ccc32)cc1C. The number of rotatable bonds is 6. The first-order valence-corrected chi connectivity index (χ1v) is 10.4. The molecule has 5 heteroatoms. The summed E-state index contributed by atoms with van der Waals surface area (Å²) >= 11 is 0. The van der Waals surface area contributed by atoms with Crippen molar-refractivity contribution in [2.24, 2.45) is 0 Å². The zero-order valence-electron chi connectivity index (χ0n) is 18.0. The van der Waals surface area contributed by atoms with Crippen LogP contribution in [0.25, 0.3) is 26.9 Å². The second-order valence-corrected chi connectivity index (χ2v) is 8.28. The molecule has 3 aromatic carbocycles. The molecule has 0 bridgehead atoms. The highest BCUT2D eigenvalue weighted by Gasteiger charge is 2.31. The quantitative estimate of drug-likeness (QED) is 0.392. The zero-order valence-corrected chi connectivity index (χ0v) is 18.0. The molecule has 4 nitrogen and oxygen atoms in total. The Morgan fingerprint density at radius 3 is 2.56 bits per heavy atom. The third kappa shape index (κ3) is 4.05. The van der Waals surface area contributed by atoms with Crippen LogP contribution in [0.1, 0.15) is 18.1 Å². The molecule has 4 rings (SSSR count). The van der Waals surface area contributed by atoms with Gasteiger partial charge in [0.05, 0.1) is 18.6 Å². The first-order chi connectivity index (χ1) is 15.3. The van der Waals surface area contributed by atoms with Crippen LogP contribution >= 0.6 is 0 Å². The Morgan fingerprint density at radius 1 is 1.12 bits per heavy atom. The van der Waals surface area contributed by atoms with Gasteiger partial charge in [-0.1, -0.05) is 48.5 Å². The van der Waals surface area contributed by atoms with Gasteiger partial charge in [-0.25, -0.2) is 9.24 Å². The summed E-state index contributed by atoms with van der Waals surface area (Å²) in [5.41, 5.74) is 2.38. The van der Waals surface area contributed by atoms with Gasteiger partial charge in [-0.15, -0.1) is 0 Å². The Hall–Kier alpha value is -3.75. The molecule has 0 saturated heterocycles. The fraction of sp³-hybridized carbons (Fsp3) is 0.185. The van der Waals surface area contributed by atoms with Crippen molar-refractivity contribution < 1.29 is 14.3 Å². The minimum Gasteiger partial charge on any atom is -0.380 e. The van der Waals surface area contributed by atoms with Crippen molar-refractivity contribution in [3.05, 3.63) is 101 Å². The van der Waals surface area contributed by atoms with E-state index in [2.05, 4.69) is 4.85 Å². The molecule has 1 N–H and O–H groups in total. The number of benzene rings is 3. The molecule has 0 unspecified atom stereocenters. The molecule has 32 heavy (non-hydrogen) atoms. The summed E-state index contributed by atoms with van der Waals surface area (Å²) in [6, 6.07) is 19.8. The third-order valence-electron chi connectivity index (χ3n) is 5.80. The topological polar surface area (TPSA) is 46.6 Å². The molecule has 0 radical (unpaired) electrons. The summed E-state index contributed by atoms with van der Waals surface area (Å²) in [6.07, 6.45) is 1.75. The van der Waals surface area contributed by atoms with E-state index in [1.165, 1.54) is 6.92 Å². The highest BCUT2D eigenvalue weighted by Crippen LogP contribution is 2.30. The fourth-order valence-electron chi connectivity index (χ4n) is 3.96. The van der Waals surface area contributed by atoms with Gasteiger partial charge in [0, 0.05) is 23.6 Å². The van der Waals surface area contributed by atoms with Crippen LogP contribution in [0.4, 0.5) is 10.1 Å². The average molecular weight is 426 g/mol. The molecule has 0 aliphatic heterocycles. The molecule has 0 aliphatic rings. The molecule has 0 saturated carbocycles. The molecule has 1 aromatic heterocycles. The Kier molecular flexibility index (Phi) is 5.65. The van der Waals surface area contributed by atoms with E-state index in [0.717, 1.165) is 16.7 Å². The van der Waals surface area contributed by atoms with E-state index in [9.17, 15) is 9.90 Å². The summed E-state index contributed by atoms with van der Waals surface area (Å²) in [4.78, 5) is 16.3. The van der Waals surface area contributed by atoms with Gasteiger partial charge in [0.15, 0.2) is 11.5 Å². The number of Topliss-reactive ketones (excluding diaryl/α,β-unsaturated/α-hetero) is 1. The highest BCUT2D eigenvalue weighted by atomic mass is 19.1. The van der Waals surface area contributed by atoms with E-state index >= 15 is 4.39 Å². The van der Waals surface area contributed by atoms with Gasteiger partial charge in [0.25, 0.3) is 0 Å². The minimum atomic E-state index is -1.63. The Bertz CT molecular complexity index is 1350. The van der Waals surface area contributed by atoms with Gasteiger partial charge in [-0.3, -0.25) is 4.79 Å². The Balaban J connectivity index is 1.58. The molecule has 0 amide bonds. The van der Waals surface area contributed by atoms with E-state index in [0.29, 0.717) is 22.2 Å². The predicted octanol–water partition coefficient (Wildman–Crippen LogP) is 5.87. The van der Waals surface area contributed by atoms with Crippen molar-refractivity contribution in [3.63, 3.8) is 0 Å². The number of aromatic nitrogens is 1. The number of aliphatic hydroxyl groups is 1. The van der Waals surface area contributed by atoms with Crippen molar-refractivity contribution in [1.82, 2.24) is 4.57 Å². The molecular weight excluding hydrogens is 403 g/mol. The van der Waals surface area contributed by atoms with E-state index in [-0.39, 0.29) is 24.6 Å². The van der Waals surface area contributed by atoms with Crippen LogP contribution in [0.5, 0.6) is 0 Å². The maximum Gasteiger partial charge on any atom is 0.190 e. The first-order valence-electron chi connectivity index (χ1n) is 10.4. The largest absolute Gasteiger partial charge is 0.380 e. The van der Waals surface area contributed by atoms with Crippen LogP contribution in [0.15, 0.2) is 72.9 Å². The minimum absolute atomic E-state index is 0.0125. The first kappa shape index (κ1) is 21.5. The van der Waals surface area contributed by atoms with Crippen LogP contribution in [0.3, 0.4) is 0 Å². The number of hydrogen-bond donors (Lipinski definition) is 1. The average Bonchev–Trinajstić information content (AvgIpc) is 3.17. The lowest BCUT2D eigenvalue weighted by Gasteiger charge is -2.23. The maximum atomic E-state index is 15.2. The van der Waals surface area contributed by atoms with Gasteiger partial charge >= 0.3 is 0 Å². The smallest absolute Gasteiger partial charge is 0.190 e. The van der Waals surface area contributed by atoms with Crippen LogP contribution < -0.4 is 0 Å². The van der Waals surface area contributed by atoms with Crippen molar-refractivity contribution >= 4 is 22.4 Å². The van der Waals surface area contributed by atoms with Crippen molar-refractivity contribution in [3.8, 4) is 11.1 Å². The van der Waals surface area contributed by atoms with Crippen molar-refractivity contribution in [2.45, 2.75) is 32.4 Å². The number of carbonyl (C=O) groups excluding carboxylic acids is 1. The Labute approximate surface area is 186 Å². The highest BCUT2D eigenvalue weighted by molar-refractivity contribution is 5.90. The number of nitrogens with zero attached hydrogens (tertiary/aromatic N) is 2. The number of aryl methyl sites for hydroxylation is 1. The van der Waals surface area contributed by atoms with Gasteiger partial charge in [0.1, 0.15) is 11.4 Å². The van der Waals surface area contributed by atoms with E-state index in [1.54, 1.807) is 41.1 Å². The lowest BCUT2D eigenvalue weighted by Crippen LogP contribution is -2.40. The fourth-order valence-corrected chi connectivity index (χ4v) is 3.96. The van der Waals surface area contributed by atoms with Crippen molar-refractivity contribution in [2.75, 3.05) is 0 Å². The van der Waals surface area contributed by atoms with Crippen LogP contribution in [-0.2, 0) is 17.8 Å². The van der Waals surface area contributed by atoms with Crippen molar-refractivity contribution in [1.29, 1.82) is 0 Å². The van der Waals surface area contributed by atoms with Crippen LogP contribution in [0, 0.1) is 19.3 Å². The van der Waals surface area contributed by atoms with Gasteiger partial charge in [0.2, 0.25) is 0 Å². The number of halogens is 1. The molecule has 0 aliphatic carbocycles. The molecule has 160 valence electrons. The summed E-state index contributed by atoms with van der Waals surface area (Å²) in [5, 5.41) is 11.4. The molecule has 0 spiro atoms. The number of ketones is 1. The van der Waals surface area contributed by atoms with E-state index in [1.807, 2.05) is 43.3 Å². The van der Waals surface area contributed by atoms with Gasteiger partial charge in [-0.05, 0) is 48.7 Å². The normalized spacial score (nSPS) is 13.0. The molecular formula is C27H23FN2O2. The standard InChI is InChI=1S/C27H23FN2O2/c1-18-15-19(9-11-23(18)29-3)16-25(31)27(2,32)17-30-14-13-22-24(30)12-10-21(26(22)28)20-7-5-4-6-8-20/h4-15,32H,16-17H2,1-2H3/t27-/m1/s1. The van der Waals surface area contributed by atoms with Crippen LogP contribution in [0.2, 0.25) is 0 Å². The third-order valence-corrected chi connectivity index (χ3v) is 5.80. The lowest BCUT2D eigenvalue weighted by molar-refractivity contribution is -0.136. The summed E-state index contributed by atoms with van der Waals surface area (Å²) < 4.78 is 16.9. The summed E-state index contributed by atoms with van der Waals surface area (Å²) in [7, 11) is 0. The maximum absolute atomic E-state index is 15.2. The second kappa shape index (κ2) is 8.41. The monoisotopic (exact) mass is 426 g/mol. The van der Waals surface area contributed by atoms with Gasteiger partial charge < -0.3 is 9.67 Å². The van der Waals surface area contributed by atoms with E-state index in [4.69, 9.17) is 6.57 Å².